The predicted molar refractivity (Wildman–Crippen MR) is 169 cm³/mol. The van der Waals surface area contributed by atoms with Crippen LogP contribution in [-0.2, 0) is 33.6 Å². The lowest BCUT2D eigenvalue weighted by Gasteiger charge is -2.27. The minimum Gasteiger partial charge on any atom is -0.391 e. The lowest BCUT2D eigenvalue weighted by Crippen LogP contribution is -2.60. The predicted octanol–water partition coefficient (Wildman–Crippen LogP) is -4.71. The lowest BCUT2D eigenvalue weighted by atomic mass is 10.0. The van der Waals surface area contributed by atoms with E-state index in [1.54, 1.807) is 0 Å². The van der Waals surface area contributed by atoms with Crippen LogP contribution in [0.3, 0.4) is 0 Å². The van der Waals surface area contributed by atoms with E-state index in [4.69, 9.17) is 22.9 Å². The summed E-state index contributed by atoms with van der Waals surface area (Å²) < 4.78 is 0. The Balaban J connectivity index is 5.36. The molecule has 0 aromatic heterocycles. The Kier molecular flexibility index (Phi) is 20.7. The summed E-state index contributed by atoms with van der Waals surface area (Å²) in [7, 11) is 0. The average Bonchev–Trinajstić information content (AvgIpc) is 2.95. The van der Waals surface area contributed by atoms with Crippen molar-refractivity contribution in [2.45, 2.75) is 103 Å². The van der Waals surface area contributed by atoms with Crippen molar-refractivity contribution >= 4 is 41.4 Å². The zero-order chi connectivity index (χ0) is 35.4. The van der Waals surface area contributed by atoms with E-state index in [0.717, 1.165) is 0 Å². The van der Waals surface area contributed by atoms with E-state index in [1.165, 1.54) is 13.8 Å². The standard InChI is InChI=1S/C28H54N10O8/c1-15(2)14-21(34-17(4)40)27(45)37-19(8-11-30)25(43)36-20(9-12-31)26(44)38-23(16(3)39)28(46)33-13-5-6-22(41)35-18(7-10-29)24(32)42/h15-16,18-21,23,39H,5-14,29-31H2,1-4H3,(H2,32,42)(H,33,46)(H,34,40)(H,35,41)(H,36,43)(H,37,45)(H,38,44)/t16-,18+,19+,20+,21+,23+/m1/s1. The SMILES string of the molecule is CC(=O)N[C@@H](CC(C)C)C(=O)N[C@@H](CCN)C(=O)N[C@@H](CCN)C(=O)N[C@H](C(=O)NCCCC(=O)N[C@@H](CCN)C(N)=O)[C@@H](C)O. The first kappa shape index (κ1) is 42.1. The number of rotatable bonds is 23. The summed E-state index contributed by atoms with van der Waals surface area (Å²) in [5, 5.41) is 25.3. The molecule has 0 rings (SSSR count). The fourth-order valence-corrected chi connectivity index (χ4v) is 4.31. The summed E-state index contributed by atoms with van der Waals surface area (Å²) >= 11 is 0. The number of amides is 7. The van der Waals surface area contributed by atoms with Crippen LogP contribution in [0.15, 0.2) is 0 Å². The van der Waals surface area contributed by atoms with Gasteiger partial charge in [-0.15, -0.1) is 0 Å². The summed E-state index contributed by atoms with van der Waals surface area (Å²) in [6.07, 6.45) is -0.732. The van der Waals surface area contributed by atoms with Crippen LogP contribution in [0.25, 0.3) is 0 Å². The zero-order valence-corrected chi connectivity index (χ0v) is 27.2. The van der Waals surface area contributed by atoms with Gasteiger partial charge in [0.2, 0.25) is 41.4 Å². The number of nitrogens with one attached hydrogen (secondary N) is 6. The second kappa shape index (κ2) is 22.6. The van der Waals surface area contributed by atoms with Crippen LogP contribution in [0.4, 0.5) is 0 Å². The number of hydrogen-bond acceptors (Lipinski definition) is 11. The second-order valence-electron chi connectivity index (χ2n) is 11.4. The Hall–Kier alpha value is -3.87. The van der Waals surface area contributed by atoms with Crippen LogP contribution in [0.5, 0.6) is 0 Å². The van der Waals surface area contributed by atoms with Gasteiger partial charge < -0.3 is 59.9 Å². The molecular formula is C28H54N10O8. The highest BCUT2D eigenvalue weighted by Gasteiger charge is 2.32. The van der Waals surface area contributed by atoms with Gasteiger partial charge in [-0.25, -0.2) is 0 Å². The molecule has 18 nitrogen and oxygen atoms in total. The van der Waals surface area contributed by atoms with Crippen LogP contribution in [0.1, 0.15) is 66.2 Å². The molecular weight excluding hydrogens is 604 g/mol. The highest BCUT2D eigenvalue weighted by Crippen LogP contribution is 2.07. The number of carbonyl (C=O) groups is 7. The first-order chi connectivity index (χ1) is 21.6. The molecule has 7 amide bonds. The van der Waals surface area contributed by atoms with Gasteiger partial charge in [-0.3, -0.25) is 33.6 Å². The van der Waals surface area contributed by atoms with Crippen molar-refractivity contribution in [2.24, 2.45) is 28.9 Å². The number of aliphatic hydroxyl groups is 1. The third-order valence-corrected chi connectivity index (χ3v) is 6.65. The number of carbonyl (C=O) groups excluding carboxylic acids is 7. The van der Waals surface area contributed by atoms with Crippen molar-refractivity contribution in [3.05, 3.63) is 0 Å². The Morgan fingerprint density at radius 1 is 0.652 bits per heavy atom. The van der Waals surface area contributed by atoms with Gasteiger partial charge in [0, 0.05) is 19.9 Å². The molecule has 46 heavy (non-hydrogen) atoms. The summed E-state index contributed by atoms with van der Waals surface area (Å²) in [6, 6.07) is -5.60. The van der Waals surface area contributed by atoms with E-state index in [1.807, 2.05) is 13.8 Å². The van der Waals surface area contributed by atoms with Gasteiger partial charge in [0.15, 0.2) is 0 Å². The van der Waals surface area contributed by atoms with E-state index < -0.39 is 77.7 Å². The second-order valence-corrected chi connectivity index (χ2v) is 11.4. The largest absolute Gasteiger partial charge is 0.391 e. The Bertz CT molecular complexity index is 1030. The molecule has 0 heterocycles. The van der Waals surface area contributed by atoms with Gasteiger partial charge in [0.05, 0.1) is 6.10 Å². The lowest BCUT2D eigenvalue weighted by molar-refractivity contribution is -0.135. The van der Waals surface area contributed by atoms with E-state index >= 15 is 0 Å². The molecule has 18 heteroatoms. The minimum atomic E-state index is -1.42. The van der Waals surface area contributed by atoms with E-state index in [0.29, 0.717) is 6.42 Å². The number of aliphatic hydroxyl groups excluding tert-OH is 1. The highest BCUT2D eigenvalue weighted by atomic mass is 16.3. The van der Waals surface area contributed by atoms with Gasteiger partial charge in [0.1, 0.15) is 30.2 Å². The molecule has 0 fully saturated rings. The molecule has 264 valence electrons. The molecule has 0 radical (unpaired) electrons. The maximum Gasteiger partial charge on any atom is 0.245 e. The summed E-state index contributed by atoms with van der Waals surface area (Å²) in [5.41, 5.74) is 22.0. The monoisotopic (exact) mass is 658 g/mol. The molecule has 0 bridgehead atoms. The normalized spacial score (nSPS) is 14.9. The number of primary amides is 1. The molecule has 15 N–H and O–H groups in total. The Labute approximate surface area is 269 Å². The first-order valence-corrected chi connectivity index (χ1v) is 15.4. The van der Waals surface area contributed by atoms with Gasteiger partial charge in [-0.05, 0) is 64.6 Å². The fourth-order valence-electron chi connectivity index (χ4n) is 4.31. The van der Waals surface area contributed by atoms with Gasteiger partial charge in [-0.1, -0.05) is 13.8 Å². The van der Waals surface area contributed by atoms with Crippen molar-refractivity contribution in [1.82, 2.24) is 31.9 Å². The van der Waals surface area contributed by atoms with Crippen molar-refractivity contribution in [3.8, 4) is 0 Å². The molecule has 0 saturated carbocycles. The minimum absolute atomic E-state index is 0.00317. The quantitative estimate of drug-likeness (QED) is 0.0463. The summed E-state index contributed by atoms with van der Waals surface area (Å²) in [5.74, 6) is -4.44. The Morgan fingerprint density at radius 2 is 1.13 bits per heavy atom. The van der Waals surface area contributed by atoms with E-state index in [9.17, 15) is 38.7 Å². The van der Waals surface area contributed by atoms with Crippen LogP contribution in [0, 0.1) is 5.92 Å². The van der Waals surface area contributed by atoms with Crippen molar-refractivity contribution in [1.29, 1.82) is 0 Å². The van der Waals surface area contributed by atoms with Crippen molar-refractivity contribution in [3.63, 3.8) is 0 Å². The van der Waals surface area contributed by atoms with Crippen LogP contribution >= 0.6 is 0 Å². The summed E-state index contributed by atoms with van der Waals surface area (Å²) in [6.45, 7) is 6.44. The average molecular weight is 659 g/mol. The van der Waals surface area contributed by atoms with Crippen molar-refractivity contribution < 1.29 is 38.7 Å². The number of hydrogen-bond donors (Lipinski definition) is 11. The third-order valence-electron chi connectivity index (χ3n) is 6.65. The third kappa shape index (κ3) is 17.0. The molecule has 0 spiro atoms. The topological polar surface area (TPSA) is 316 Å². The van der Waals surface area contributed by atoms with Crippen molar-refractivity contribution in [2.75, 3.05) is 26.2 Å². The zero-order valence-electron chi connectivity index (χ0n) is 27.2. The Morgan fingerprint density at radius 3 is 1.57 bits per heavy atom. The number of nitrogens with two attached hydrogens (primary N) is 4. The van der Waals surface area contributed by atoms with Crippen LogP contribution < -0.4 is 54.8 Å². The molecule has 6 atom stereocenters. The smallest absolute Gasteiger partial charge is 0.245 e. The van der Waals surface area contributed by atoms with Gasteiger partial charge >= 0.3 is 0 Å². The molecule has 0 aliphatic heterocycles. The van der Waals surface area contributed by atoms with Gasteiger partial charge in [0.25, 0.3) is 0 Å². The highest BCUT2D eigenvalue weighted by molar-refractivity contribution is 5.95. The molecule has 0 saturated heterocycles. The van der Waals surface area contributed by atoms with E-state index in [-0.39, 0.29) is 64.2 Å². The molecule has 0 aromatic carbocycles. The summed E-state index contributed by atoms with van der Waals surface area (Å²) in [4.78, 5) is 87.1. The fraction of sp³-hybridized carbons (Fsp3) is 0.750. The molecule has 0 unspecified atom stereocenters. The van der Waals surface area contributed by atoms with E-state index in [2.05, 4.69) is 31.9 Å². The maximum absolute atomic E-state index is 13.2. The molecule has 0 aromatic rings. The molecule has 0 aliphatic carbocycles. The van der Waals surface area contributed by atoms with Crippen LogP contribution in [0.2, 0.25) is 0 Å². The van der Waals surface area contributed by atoms with Crippen LogP contribution in [-0.4, -0.2) is 109 Å². The van der Waals surface area contributed by atoms with Gasteiger partial charge in [-0.2, -0.15) is 0 Å². The first-order valence-electron chi connectivity index (χ1n) is 15.4. The molecule has 0 aliphatic rings. The maximum atomic E-state index is 13.2.